The summed E-state index contributed by atoms with van der Waals surface area (Å²) in [6.07, 6.45) is 3.91. The average Bonchev–Trinajstić information content (AvgIpc) is 2.18. The van der Waals surface area contributed by atoms with E-state index in [1.165, 1.54) is 12.3 Å². The van der Waals surface area contributed by atoms with Crippen molar-refractivity contribution in [3.05, 3.63) is 24.3 Å². The first-order chi connectivity index (χ1) is 6.74. The molecule has 14 heavy (non-hydrogen) atoms. The molecule has 1 heterocycles. The standard InChI is InChI=1S/C10H16FN3/c1-12-4-3-5-14(2)10-6-9(11)7-13-8-10/h6-8,12H,3-5H2,1-2H3. The molecule has 0 radical (unpaired) electrons. The van der Waals surface area contributed by atoms with E-state index in [0.29, 0.717) is 0 Å². The lowest BCUT2D eigenvalue weighted by Gasteiger charge is -2.18. The molecule has 1 aromatic heterocycles. The minimum atomic E-state index is -0.289. The summed E-state index contributed by atoms with van der Waals surface area (Å²) in [4.78, 5) is 5.79. The van der Waals surface area contributed by atoms with Crippen LogP contribution in [0.4, 0.5) is 10.1 Å². The fraction of sp³-hybridized carbons (Fsp3) is 0.500. The highest BCUT2D eigenvalue weighted by Crippen LogP contribution is 2.11. The lowest BCUT2D eigenvalue weighted by Crippen LogP contribution is -2.22. The normalized spacial score (nSPS) is 10.2. The number of hydrogen-bond acceptors (Lipinski definition) is 3. The largest absolute Gasteiger partial charge is 0.373 e. The first kappa shape index (κ1) is 10.9. The number of nitrogens with one attached hydrogen (secondary N) is 1. The smallest absolute Gasteiger partial charge is 0.143 e. The second-order valence-corrected chi connectivity index (χ2v) is 3.24. The second kappa shape index (κ2) is 5.54. The highest BCUT2D eigenvalue weighted by atomic mass is 19.1. The summed E-state index contributed by atoms with van der Waals surface area (Å²) in [6.45, 7) is 1.86. The van der Waals surface area contributed by atoms with Gasteiger partial charge in [-0.05, 0) is 20.0 Å². The third-order valence-electron chi connectivity index (χ3n) is 2.05. The number of nitrogens with zero attached hydrogens (tertiary/aromatic N) is 2. The molecule has 0 unspecified atom stereocenters. The van der Waals surface area contributed by atoms with E-state index >= 15 is 0 Å². The van der Waals surface area contributed by atoms with Gasteiger partial charge in [-0.15, -0.1) is 0 Å². The average molecular weight is 197 g/mol. The van der Waals surface area contributed by atoms with E-state index in [-0.39, 0.29) is 5.82 Å². The Balaban J connectivity index is 2.47. The molecule has 0 aliphatic rings. The Morgan fingerprint density at radius 2 is 2.29 bits per heavy atom. The Bertz CT molecular complexity index is 278. The number of hydrogen-bond donors (Lipinski definition) is 1. The van der Waals surface area contributed by atoms with Gasteiger partial charge in [-0.3, -0.25) is 4.98 Å². The number of pyridine rings is 1. The van der Waals surface area contributed by atoms with Gasteiger partial charge in [0.15, 0.2) is 0 Å². The van der Waals surface area contributed by atoms with E-state index in [4.69, 9.17) is 0 Å². The molecule has 0 spiro atoms. The lowest BCUT2D eigenvalue weighted by atomic mass is 10.3. The van der Waals surface area contributed by atoms with Crippen molar-refractivity contribution >= 4 is 5.69 Å². The van der Waals surface area contributed by atoms with Crippen LogP contribution in [0.5, 0.6) is 0 Å². The third kappa shape index (κ3) is 3.30. The Kier molecular flexibility index (Phi) is 4.32. The predicted molar refractivity (Wildman–Crippen MR) is 56.0 cm³/mol. The van der Waals surface area contributed by atoms with Crippen LogP contribution in [-0.4, -0.2) is 32.2 Å². The van der Waals surface area contributed by atoms with Crippen molar-refractivity contribution in [3.8, 4) is 0 Å². The van der Waals surface area contributed by atoms with E-state index in [0.717, 1.165) is 25.2 Å². The van der Waals surface area contributed by atoms with Gasteiger partial charge in [-0.25, -0.2) is 4.39 Å². The summed E-state index contributed by atoms with van der Waals surface area (Å²) in [6, 6.07) is 1.49. The predicted octanol–water partition coefficient (Wildman–Crippen LogP) is 1.27. The highest BCUT2D eigenvalue weighted by molar-refractivity contribution is 5.42. The maximum absolute atomic E-state index is 12.8. The van der Waals surface area contributed by atoms with Crippen LogP contribution in [0.1, 0.15) is 6.42 Å². The topological polar surface area (TPSA) is 28.2 Å². The summed E-state index contributed by atoms with van der Waals surface area (Å²) in [7, 11) is 3.86. The molecular weight excluding hydrogens is 181 g/mol. The highest BCUT2D eigenvalue weighted by Gasteiger charge is 2.01. The SMILES string of the molecule is CNCCCN(C)c1cncc(F)c1. The molecule has 1 aromatic rings. The van der Waals surface area contributed by atoms with Gasteiger partial charge in [-0.2, -0.15) is 0 Å². The van der Waals surface area contributed by atoms with Crippen molar-refractivity contribution in [2.24, 2.45) is 0 Å². The van der Waals surface area contributed by atoms with Crippen LogP contribution >= 0.6 is 0 Å². The quantitative estimate of drug-likeness (QED) is 0.720. The maximum Gasteiger partial charge on any atom is 0.143 e. The van der Waals surface area contributed by atoms with Gasteiger partial charge in [0.05, 0.1) is 18.1 Å². The lowest BCUT2D eigenvalue weighted by molar-refractivity contribution is 0.620. The summed E-state index contributed by atoms with van der Waals surface area (Å²) in [5, 5.41) is 3.07. The number of rotatable bonds is 5. The Hall–Kier alpha value is -1.16. The van der Waals surface area contributed by atoms with Crippen LogP contribution in [0.2, 0.25) is 0 Å². The Morgan fingerprint density at radius 3 is 2.93 bits per heavy atom. The summed E-state index contributed by atoms with van der Waals surface area (Å²) in [5.41, 5.74) is 0.820. The molecule has 0 aliphatic heterocycles. The summed E-state index contributed by atoms with van der Waals surface area (Å²) in [5.74, 6) is -0.289. The summed E-state index contributed by atoms with van der Waals surface area (Å²) < 4.78 is 12.8. The Morgan fingerprint density at radius 1 is 1.50 bits per heavy atom. The molecule has 78 valence electrons. The molecule has 0 aromatic carbocycles. The minimum Gasteiger partial charge on any atom is -0.373 e. The molecule has 3 nitrogen and oxygen atoms in total. The molecule has 0 saturated heterocycles. The van der Waals surface area contributed by atoms with E-state index in [2.05, 4.69) is 10.3 Å². The third-order valence-corrected chi connectivity index (χ3v) is 2.05. The van der Waals surface area contributed by atoms with E-state index in [1.54, 1.807) is 6.20 Å². The molecule has 0 saturated carbocycles. The first-order valence-electron chi connectivity index (χ1n) is 4.70. The van der Waals surface area contributed by atoms with Gasteiger partial charge in [0.2, 0.25) is 0 Å². The molecule has 0 atom stereocenters. The second-order valence-electron chi connectivity index (χ2n) is 3.24. The fourth-order valence-corrected chi connectivity index (χ4v) is 1.23. The Labute approximate surface area is 84.0 Å². The van der Waals surface area contributed by atoms with E-state index in [9.17, 15) is 4.39 Å². The van der Waals surface area contributed by atoms with Gasteiger partial charge in [-0.1, -0.05) is 0 Å². The zero-order valence-corrected chi connectivity index (χ0v) is 8.63. The molecule has 0 amide bonds. The van der Waals surface area contributed by atoms with Gasteiger partial charge in [0.25, 0.3) is 0 Å². The maximum atomic E-state index is 12.8. The molecular formula is C10H16FN3. The van der Waals surface area contributed by atoms with Gasteiger partial charge in [0, 0.05) is 19.7 Å². The van der Waals surface area contributed by atoms with Crippen LogP contribution in [0.15, 0.2) is 18.5 Å². The van der Waals surface area contributed by atoms with Crippen molar-refractivity contribution in [1.82, 2.24) is 10.3 Å². The molecule has 0 aliphatic carbocycles. The van der Waals surface area contributed by atoms with Crippen molar-refractivity contribution in [2.75, 3.05) is 32.1 Å². The van der Waals surface area contributed by atoms with Crippen molar-refractivity contribution < 1.29 is 4.39 Å². The van der Waals surface area contributed by atoms with Crippen LogP contribution in [0, 0.1) is 5.82 Å². The fourth-order valence-electron chi connectivity index (χ4n) is 1.23. The van der Waals surface area contributed by atoms with Crippen LogP contribution in [-0.2, 0) is 0 Å². The number of halogens is 1. The minimum absolute atomic E-state index is 0.289. The van der Waals surface area contributed by atoms with Gasteiger partial charge < -0.3 is 10.2 Å². The zero-order chi connectivity index (χ0) is 10.4. The van der Waals surface area contributed by atoms with Crippen molar-refractivity contribution in [2.45, 2.75) is 6.42 Å². The van der Waals surface area contributed by atoms with Crippen LogP contribution < -0.4 is 10.2 Å². The van der Waals surface area contributed by atoms with Crippen molar-refractivity contribution in [1.29, 1.82) is 0 Å². The molecule has 1 rings (SSSR count). The molecule has 4 heteroatoms. The van der Waals surface area contributed by atoms with E-state index < -0.39 is 0 Å². The van der Waals surface area contributed by atoms with Gasteiger partial charge in [0.1, 0.15) is 5.82 Å². The number of aromatic nitrogens is 1. The molecule has 0 bridgehead atoms. The number of anilines is 1. The zero-order valence-electron chi connectivity index (χ0n) is 8.63. The van der Waals surface area contributed by atoms with E-state index in [1.807, 2.05) is 19.0 Å². The van der Waals surface area contributed by atoms with Crippen molar-refractivity contribution in [3.63, 3.8) is 0 Å². The van der Waals surface area contributed by atoms with Gasteiger partial charge >= 0.3 is 0 Å². The van der Waals surface area contributed by atoms with Crippen LogP contribution in [0.25, 0.3) is 0 Å². The summed E-state index contributed by atoms with van der Waals surface area (Å²) >= 11 is 0. The molecule has 1 N–H and O–H groups in total. The molecule has 0 fully saturated rings. The monoisotopic (exact) mass is 197 g/mol. The first-order valence-corrected chi connectivity index (χ1v) is 4.70. The van der Waals surface area contributed by atoms with Crippen LogP contribution in [0.3, 0.4) is 0 Å².